The highest BCUT2D eigenvalue weighted by atomic mass is 16.2. The molecule has 5 nitrogen and oxygen atoms in total. The zero-order chi connectivity index (χ0) is 10.8. The molecule has 0 unspecified atom stereocenters. The largest absolute Gasteiger partial charge is 0.289 e. The Morgan fingerprint density at radius 2 is 1.87 bits per heavy atom. The maximum atomic E-state index is 11.3. The number of amides is 1. The highest BCUT2D eigenvalue weighted by Crippen LogP contribution is 2.11. The number of carbonyl (C=O) groups is 1. The number of nitrogens with two attached hydrogens (primary N) is 1. The minimum Gasteiger partial charge on any atom is -0.289 e. The van der Waals surface area contributed by atoms with Crippen LogP contribution in [0.1, 0.15) is 16.2 Å². The number of hydrogen-bond donors (Lipinski definition) is 2. The van der Waals surface area contributed by atoms with Gasteiger partial charge in [-0.3, -0.25) is 10.2 Å². The SMILES string of the molecule is Cc1nc2ccccc2nc1C(=O)NN. The standard InChI is InChI=1S/C10H10N4O/c1-6-9(10(15)14-11)13-8-5-3-2-4-7(8)12-6/h2-5H,11H2,1H3,(H,14,15). The summed E-state index contributed by atoms with van der Waals surface area (Å²) in [6, 6.07) is 7.37. The number of aryl methyl sites for hydroxylation is 1. The van der Waals surface area contributed by atoms with E-state index in [0.29, 0.717) is 11.2 Å². The van der Waals surface area contributed by atoms with Crippen LogP contribution >= 0.6 is 0 Å². The Hall–Kier alpha value is -2.01. The number of rotatable bonds is 1. The van der Waals surface area contributed by atoms with Crippen LogP contribution < -0.4 is 11.3 Å². The molecule has 0 bridgehead atoms. The molecule has 2 aromatic rings. The summed E-state index contributed by atoms with van der Waals surface area (Å²) >= 11 is 0. The van der Waals surface area contributed by atoms with Crippen molar-refractivity contribution in [2.24, 2.45) is 5.84 Å². The molecule has 15 heavy (non-hydrogen) atoms. The van der Waals surface area contributed by atoms with Crippen molar-refractivity contribution >= 4 is 16.9 Å². The molecule has 0 saturated heterocycles. The van der Waals surface area contributed by atoms with Crippen LogP contribution in [0.5, 0.6) is 0 Å². The molecule has 3 N–H and O–H groups in total. The fourth-order valence-corrected chi connectivity index (χ4v) is 1.37. The lowest BCUT2D eigenvalue weighted by Gasteiger charge is -2.04. The van der Waals surface area contributed by atoms with Crippen LogP contribution in [0.4, 0.5) is 0 Å². The third-order valence-corrected chi connectivity index (χ3v) is 2.09. The molecule has 1 aromatic carbocycles. The second-order valence-electron chi connectivity index (χ2n) is 3.12. The Balaban J connectivity index is 2.67. The molecule has 0 aliphatic heterocycles. The van der Waals surface area contributed by atoms with Gasteiger partial charge in [0, 0.05) is 0 Å². The summed E-state index contributed by atoms with van der Waals surface area (Å²) in [5.74, 6) is 4.62. The van der Waals surface area contributed by atoms with Crippen molar-refractivity contribution in [1.29, 1.82) is 0 Å². The van der Waals surface area contributed by atoms with Gasteiger partial charge in [-0.15, -0.1) is 0 Å². The number of hydrazine groups is 1. The zero-order valence-corrected chi connectivity index (χ0v) is 8.19. The third kappa shape index (κ3) is 1.64. The van der Waals surface area contributed by atoms with Crippen LogP contribution in [0.25, 0.3) is 11.0 Å². The van der Waals surface area contributed by atoms with Crippen LogP contribution in [0.2, 0.25) is 0 Å². The Kier molecular flexibility index (Phi) is 2.31. The fourth-order valence-electron chi connectivity index (χ4n) is 1.37. The van der Waals surface area contributed by atoms with Gasteiger partial charge >= 0.3 is 0 Å². The van der Waals surface area contributed by atoms with E-state index in [1.165, 1.54) is 0 Å². The molecule has 5 heteroatoms. The summed E-state index contributed by atoms with van der Waals surface area (Å²) in [5, 5.41) is 0. The van der Waals surface area contributed by atoms with Gasteiger partial charge in [-0.05, 0) is 19.1 Å². The van der Waals surface area contributed by atoms with Gasteiger partial charge < -0.3 is 0 Å². The van der Waals surface area contributed by atoms with Gasteiger partial charge in [0.05, 0.1) is 16.7 Å². The summed E-state index contributed by atoms with van der Waals surface area (Å²) in [4.78, 5) is 19.8. The Morgan fingerprint density at radius 3 is 2.47 bits per heavy atom. The monoisotopic (exact) mass is 202 g/mol. The zero-order valence-electron chi connectivity index (χ0n) is 8.19. The maximum absolute atomic E-state index is 11.3. The smallest absolute Gasteiger partial charge is 0.285 e. The molecule has 0 fully saturated rings. The maximum Gasteiger partial charge on any atom is 0.285 e. The van der Waals surface area contributed by atoms with E-state index >= 15 is 0 Å². The summed E-state index contributed by atoms with van der Waals surface area (Å²) < 4.78 is 0. The quantitative estimate of drug-likeness (QED) is 0.402. The Labute approximate surface area is 86.3 Å². The molecular formula is C10H10N4O. The van der Waals surface area contributed by atoms with Crippen molar-refractivity contribution in [3.8, 4) is 0 Å². The number of nitrogens with zero attached hydrogens (tertiary/aromatic N) is 2. The van der Waals surface area contributed by atoms with Crippen LogP contribution in [0, 0.1) is 6.92 Å². The van der Waals surface area contributed by atoms with Gasteiger partial charge in [-0.25, -0.2) is 15.8 Å². The summed E-state index contributed by atoms with van der Waals surface area (Å²) in [5.41, 5.74) is 4.32. The van der Waals surface area contributed by atoms with Crippen molar-refractivity contribution in [3.05, 3.63) is 35.7 Å². The molecule has 1 heterocycles. The third-order valence-electron chi connectivity index (χ3n) is 2.09. The molecule has 0 radical (unpaired) electrons. The van der Waals surface area contributed by atoms with Crippen molar-refractivity contribution in [2.75, 3.05) is 0 Å². The van der Waals surface area contributed by atoms with Gasteiger partial charge in [0.25, 0.3) is 5.91 Å². The molecule has 76 valence electrons. The van der Waals surface area contributed by atoms with Crippen molar-refractivity contribution in [3.63, 3.8) is 0 Å². The number of benzene rings is 1. The first-order valence-electron chi connectivity index (χ1n) is 4.46. The normalized spacial score (nSPS) is 10.3. The predicted octanol–water partition coefficient (Wildman–Crippen LogP) is 0.542. The first-order chi connectivity index (χ1) is 7.22. The molecule has 1 amide bonds. The van der Waals surface area contributed by atoms with Crippen LogP contribution in [-0.2, 0) is 0 Å². The van der Waals surface area contributed by atoms with Crippen LogP contribution in [0.15, 0.2) is 24.3 Å². The molecule has 1 aromatic heterocycles. The van der Waals surface area contributed by atoms with E-state index < -0.39 is 5.91 Å². The topological polar surface area (TPSA) is 80.9 Å². The lowest BCUT2D eigenvalue weighted by Crippen LogP contribution is -2.31. The Morgan fingerprint density at radius 1 is 1.27 bits per heavy atom. The lowest BCUT2D eigenvalue weighted by atomic mass is 10.2. The molecule has 0 saturated carbocycles. The number of hydrogen-bond acceptors (Lipinski definition) is 4. The van der Waals surface area contributed by atoms with Gasteiger partial charge in [-0.1, -0.05) is 12.1 Å². The van der Waals surface area contributed by atoms with E-state index in [1.54, 1.807) is 13.0 Å². The number of nitrogen functional groups attached to an aromatic ring is 1. The van der Waals surface area contributed by atoms with Crippen molar-refractivity contribution < 1.29 is 4.79 Å². The summed E-state index contributed by atoms with van der Waals surface area (Å²) in [6.07, 6.45) is 0. The van der Waals surface area contributed by atoms with Crippen molar-refractivity contribution in [2.45, 2.75) is 6.92 Å². The minimum absolute atomic E-state index is 0.260. The number of aromatic nitrogens is 2. The summed E-state index contributed by atoms with van der Waals surface area (Å²) in [7, 11) is 0. The number of para-hydroxylation sites is 2. The highest BCUT2D eigenvalue weighted by Gasteiger charge is 2.11. The van der Waals surface area contributed by atoms with E-state index in [1.807, 2.05) is 23.6 Å². The van der Waals surface area contributed by atoms with Crippen molar-refractivity contribution in [1.82, 2.24) is 15.4 Å². The molecule has 2 rings (SSSR count). The van der Waals surface area contributed by atoms with E-state index in [0.717, 1.165) is 5.52 Å². The van der Waals surface area contributed by atoms with E-state index in [9.17, 15) is 4.79 Å². The summed E-state index contributed by atoms with van der Waals surface area (Å²) in [6.45, 7) is 1.73. The predicted molar refractivity (Wildman–Crippen MR) is 55.9 cm³/mol. The molecule has 0 spiro atoms. The molecule has 0 atom stereocenters. The van der Waals surface area contributed by atoms with E-state index in [2.05, 4.69) is 9.97 Å². The van der Waals surface area contributed by atoms with Gasteiger partial charge in [0.1, 0.15) is 0 Å². The lowest BCUT2D eigenvalue weighted by molar-refractivity contribution is 0.0948. The average molecular weight is 202 g/mol. The van der Waals surface area contributed by atoms with Crippen LogP contribution in [0.3, 0.4) is 0 Å². The van der Waals surface area contributed by atoms with E-state index in [-0.39, 0.29) is 5.69 Å². The number of carbonyl (C=O) groups excluding carboxylic acids is 1. The second-order valence-corrected chi connectivity index (χ2v) is 3.12. The second kappa shape index (κ2) is 3.62. The fraction of sp³-hybridized carbons (Fsp3) is 0.100. The number of nitrogens with one attached hydrogen (secondary N) is 1. The minimum atomic E-state index is -0.425. The number of fused-ring (bicyclic) bond motifs is 1. The average Bonchev–Trinajstić information content (AvgIpc) is 2.27. The van der Waals surface area contributed by atoms with Gasteiger partial charge in [0.15, 0.2) is 5.69 Å². The molecule has 0 aliphatic carbocycles. The molecular weight excluding hydrogens is 192 g/mol. The first kappa shape index (κ1) is 9.54. The van der Waals surface area contributed by atoms with E-state index in [4.69, 9.17) is 5.84 Å². The van der Waals surface area contributed by atoms with Gasteiger partial charge in [0.2, 0.25) is 0 Å². The van der Waals surface area contributed by atoms with Crippen LogP contribution in [-0.4, -0.2) is 15.9 Å². The molecule has 0 aliphatic rings. The van der Waals surface area contributed by atoms with Gasteiger partial charge in [-0.2, -0.15) is 0 Å². The highest BCUT2D eigenvalue weighted by molar-refractivity contribution is 5.94. The Bertz CT molecular complexity index is 524. The first-order valence-corrected chi connectivity index (χ1v) is 4.46.